The number of aliphatic hydroxyl groups excluding tert-OH is 4. The number of amides is 1. The molecular weight excluding hydrogens is 225 g/mol. The fourth-order valence-electron chi connectivity index (χ4n) is 1.47. The largest absolute Gasteiger partial charge is 0.394 e. The highest BCUT2D eigenvalue weighted by Crippen LogP contribution is 2.29. The smallest absolute Gasteiger partial charge is 0.319 e. The third-order valence-electron chi connectivity index (χ3n) is 2.28. The Hall–Kier alpha value is -0.800. The number of hydrogen-bond donors (Lipinski definition) is 5. The van der Waals surface area contributed by atoms with Crippen molar-refractivity contribution in [3.8, 4) is 0 Å². The van der Waals surface area contributed by atoms with Gasteiger partial charge in [0.05, 0.1) is 6.61 Å². The first-order valence-electron chi connectivity index (χ1n) is 4.62. The number of carbonyl (C=O) groups is 1. The van der Waals surface area contributed by atoms with Gasteiger partial charge in [-0.25, -0.2) is 0 Å². The first kappa shape index (κ1) is 13.3. The first-order valence-corrected chi connectivity index (χ1v) is 4.62. The van der Waals surface area contributed by atoms with Gasteiger partial charge in [0.2, 0.25) is 5.91 Å². The van der Waals surface area contributed by atoms with E-state index in [1.165, 1.54) is 0 Å². The summed E-state index contributed by atoms with van der Waals surface area (Å²) in [6.07, 6.45) is -7.09. The van der Waals surface area contributed by atoms with Crippen LogP contribution in [0.5, 0.6) is 0 Å². The molecule has 0 spiro atoms. The zero-order valence-electron chi connectivity index (χ0n) is 8.50. The Morgan fingerprint density at radius 3 is 2.44 bits per heavy atom. The van der Waals surface area contributed by atoms with Crippen LogP contribution in [0.1, 0.15) is 6.92 Å². The van der Waals surface area contributed by atoms with Gasteiger partial charge in [-0.1, -0.05) is 0 Å². The molecule has 94 valence electrons. The molecule has 1 heterocycles. The second kappa shape index (κ2) is 4.60. The van der Waals surface area contributed by atoms with Crippen molar-refractivity contribution in [2.45, 2.75) is 37.3 Å². The molecule has 0 aliphatic carbocycles. The topological polar surface area (TPSA) is 119 Å². The van der Waals surface area contributed by atoms with Gasteiger partial charge in [0.1, 0.15) is 18.3 Å². The molecule has 0 aromatic rings. The zero-order chi connectivity index (χ0) is 12.5. The Morgan fingerprint density at radius 2 is 2.00 bits per heavy atom. The Labute approximate surface area is 90.5 Å². The summed E-state index contributed by atoms with van der Waals surface area (Å²) >= 11 is 0. The number of carbonyl (C=O) groups excluding carboxylic acids is 1. The number of ether oxygens (including phenoxy) is 1. The van der Waals surface area contributed by atoms with E-state index in [1.807, 2.05) is 0 Å². The van der Waals surface area contributed by atoms with E-state index in [0.29, 0.717) is 0 Å². The van der Waals surface area contributed by atoms with Crippen molar-refractivity contribution in [3.05, 3.63) is 0 Å². The summed E-state index contributed by atoms with van der Waals surface area (Å²) in [5, 5.41) is 38.4. The van der Waals surface area contributed by atoms with Gasteiger partial charge in [-0.15, -0.1) is 0 Å². The van der Waals surface area contributed by atoms with Crippen molar-refractivity contribution < 1.29 is 34.3 Å². The number of nitrogens with one attached hydrogen (secondary N) is 1. The minimum Gasteiger partial charge on any atom is -0.394 e. The standard InChI is InChI=1S/C8H14FNO6/c1-3(12)10-8(9)7(15)6(14)5(13)4(2-11)16-8/h4-7,11,13-15H,2H2,1H3,(H,10,12)/t4-,5-,6+,7-,8?/m1/s1. The lowest BCUT2D eigenvalue weighted by Crippen LogP contribution is -2.69. The van der Waals surface area contributed by atoms with Gasteiger partial charge >= 0.3 is 5.98 Å². The number of aliphatic hydroxyl groups is 4. The Bertz CT molecular complexity index is 275. The van der Waals surface area contributed by atoms with Crippen LogP contribution in [0.25, 0.3) is 0 Å². The van der Waals surface area contributed by atoms with Gasteiger partial charge in [0, 0.05) is 6.92 Å². The SMILES string of the molecule is CC(=O)NC1(F)O[C@H](CO)[C@@H](O)[C@H](O)[C@H]1O. The predicted octanol–water partition coefficient (Wildman–Crippen LogP) is -2.78. The minimum atomic E-state index is -3.03. The van der Waals surface area contributed by atoms with Crippen LogP contribution in [0.4, 0.5) is 4.39 Å². The van der Waals surface area contributed by atoms with E-state index in [4.69, 9.17) is 5.11 Å². The Balaban J connectivity index is 2.89. The summed E-state index contributed by atoms with van der Waals surface area (Å²) in [4.78, 5) is 10.7. The third kappa shape index (κ3) is 2.30. The summed E-state index contributed by atoms with van der Waals surface area (Å²) in [6.45, 7) is 0.221. The number of rotatable bonds is 2. The van der Waals surface area contributed by atoms with Crippen LogP contribution in [-0.2, 0) is 9.53 Å². The predicted molar refractivity (Wildman–Crippen MR) is 47.6 cm³/mol. The van der Waals surface area contributed by atoms with Gasteiger partial charge < -0.3 is 25.2 Å². The molecule has 1 saturated heterocycles. The summed E-state index contributed by atoms with van der Waals surface area (Å²) in [5.74, 6) is -3.86. The molecular formula is C8H14FNO6. The van der Waals surface area contributed by atoms with Crippen molar-refractivity contribution in [1.29, 1.82) is 0 Å². The van der Waals surface area contributed by atoms with E-state index in [9.17, 15) is 24.5 Å². The van der Waals surface area contributed by atoms with E-state index < -0.39 is 42.9 Å². The van der Waals surface area contributed by atoms with Crippen LogP contribution in [0.3, 0.4) is 0 Å². The van der Waals surface area contributed by atoms with Crippen molar-refractivity contribution in [2.24, 2.45) is 0 Å². The van der Waals surface area contributed by atoms with E-state index in [0.717, 1.165) is 6.92 Å². The summed E-state index contributed by atoms with van der Waals surface area (Å²) in [5.41, 5.74) is 0. The van der Waals surface area contributed by atoms with Gasteiger partial charge in [-0.2, -0.15) is 4.39 Å². The molecule has 0 bridgehead atoms. The second-order valence-corrected chi connectivity index (χ2v) is 3.59. The van der Waals surface area contributed by atoms with E-state index in [-0.39, 0.29) is 0 Å². The van der Waals surface area contributed by atoms with Gasteiger partial charge in [-0.3, -0.25) is 10.1 Å². The summed E-state index contributed by atoms with van der Waals surface area (Å²) in [7, 11) is 0. The monoisotopic (exact) mass is 239 g/mol. The summed E-state index contributed by atoms with van der Waals surface area (Å²) in [6, 6.07) is 0. The zero-order valence-corrected chi connectivity index (χ0v) is 8.50. The van der Waals surface area contributed by atoms with Crippen LogP contribution in [-0.4, -0.2) is 63.3 Å². The fraction of sp³-hybridized carbons (Fsp3) is 0.875. The maximum atomic E-state index is 13.9. The average Bonchev–Trinajstić information content (AvgIpc) is 2.20. The van der Waals surface area contributed by atoms with E-state index in [1.54, 1.807) is 5.32 Å². The number of alkyl halides is 1. The highest BCUT2D eigenvalue weighted by molar-refractivity contribution is 5.73. The normalized spacial score (nSPS) is 44.1. The van der Waals surface area contributed by atoms with Crippen molar-refractivity contribution in [2.75, 3.05) is 6.61 Å². The lowest BCUT2D eigenvalue weighted by atomic mass is 9.97. The average molecular weight is 239 g/mol. The highest BCUT2D eigenvalue weighted by Gasteiger charge is 2.54. The van der Waals surface area contributed by atoms with Crippen LogP contribution in [0, 0.1) is 0 Å². The van der Waals surface area contributed by atoms with Crippen molar-refractivity contribution in [1.82, 2.24) is 5.32 Å². The Morgan fingerprint density at radius 1 is 1.44 bits per heavy atom. The molecule has 0 aromatic carbocycles. The second-order valence-electron chi connectivity index (χ2n) is 3.59. The van der Waals surface area contributed by atoms with Crippen LogP contribution < -0.4 is 5.32 Å². The van der Waals surface area contributed by atoms with Crippen LogP contribution >= 0.6 is 0 Å². The molecule has 0 saturated carbocycles. The number of hydrogen-bond acceptors (Lipinski definition) is 6. The lowest BCUT2D eigenvalue weighted by molar-refractivity contribution is -0.328. The van der Waals surface area contributed by atoms with Crippen LogP contribution in [0.2, 0.25) is 0 Å². The molecule has 5 N–H and O–H groups in total. The van der Waals surface area contributed by atoms with Gasteiger partial charge in [0.25, 0.3) is 0 Å². The molecule has 1 fully saturated rings. The maximum absolute atomic E-state index is 13.9. The van der Waals surface area contributed by atoms with Crippen molar-refractivity contribution in [3.63, 3.8) is 0 Å². The molecule has 0 aromatic heterocycles. The molecule has 1 aliphatic heterocycles. The fourth-order valence-corrected chi connectivity index (χ4v) is 1.47. The Kier molecular flexibility index (Phi) is 3.81. The van der Waals surface area contributed by atoms with Gasteiger partial charge in [-0.05, 0) is 0 Å². The molecule has 1 unspecified atom stereocenters. The van der Waals surface area contributed by atoms with Gasteiger partial charge in [0.15, 0.2) is 6.10 Å². The molecule has 7 nitrogen and oxygen atoms in total. The third-order valence-corrected chi connectivity index (χ3v) is 2.28. The molecule has 8 heteroatoms. The maximum Gasteiger partial charge on any atom is 0.319 e. The lowest BCUT2D eigenvalue weighted by Gasteiger charge is -2.43. The van der Waals surface area contributed by atoms with Crippen molar-refractivity contribution >= 4 is 5.91 Å². The van der Waals surface area contributed by atoms with E-state index >= 15 is 0 Å². The molecule has 0 radical (unpaired) electrons. The molecule has 1 rings (SSSR count). The highest BCUT2D eigenvalue weighted by atomic mass is 19.2. The molecule has 5 atom stereocenters. The summed E-state index contributed by atoms with van der Waals surface area (Å²) < 4.78 is 18.4. The van der Waals surface area contributed by atoms with Crippen LogP contribution in [0.15, 0.2) is 0 Å². The molecule has 16 heavy (non-hydrogen) atoms. The molecule has 1 amide bonds. The quantitative estimate of drug-likeness (QED) is 0.332. The first-order chi connectivity index (χ1) is 7.31. The minimum absolute atomic E-state index is 0.768. The molecule has 1 aliphatic rings. The number of halogens is 1. The van der Waals surface area contributed by atoms with E-state index in [2.05, 4.69) is 4.74 Å².